The molecular weight excluding hydrogens is 659 g/mol. The molecule has 1 aliphatic rings. The van der Waals surface area contributed by atoms with Crippen molar-refractivity contribution in [3.05, 3.63) is 176 Å². The van der Waals surface area contributed by atoms with Gasteiger partial charge in [-0.15, -0.1) is 0 Å². The average Bonchev–Trinajstić information content (AvgIpc) is 3.72. The molecule has 1 aliphatic heterocycles. The predicted molar refractivity (Wildman–Crippen MR) is 221 cm³/mol. The van der Waals surface area contributed by atoms with Gasteiger partial charge in [-0.2, -0.15) is 9.97 Å². The number of hydrogen-bond acceptors (Lipinski definition) is 3. The molecular formula is C49H29N5. The number of aromatic nitrogens is 5. The number of para-hydroxylation sites is 3. The molecule has 5 nitrogen and oxygen atoms in total. The number of hydrogen-bond donors (Lipinski definition) is 0. The van der Waals surface area contributed by atoms with Crippen LogP contribution in [0.25, 0.3) is 111 Å². The lowest BCUT2D eigenvalue weighted by molar-refractivity contribution is 0.955. The fourth-order valence-electron chi connectivity index (χ4n) is 8.76. The lowest BCUT2D eigenvalue weighted by Crippen LogP contribution is -2.06. The molecule has 0 N–H and O–H groups in total. The third-order valence-corrected chi connectivity index (χ3v) is 11.1. The molecule has 54 heavy (non-hydrogen) atoms. The molecule has 0 fully saturated rings. The Morgan fingerprint density at radius 3 is 1.78 bits per heavy atom. The molecule has 0 saturated heterocycles. The smallest absolute Gasteiger partial charge is 0.238 e. The Morgan fingerprint density at radius 2 is 0.963 bits per heavy atom. The van der Waals surface area contributed by atoms with Gasteiger partial charge in [0.15, 0.2) is 11.6 Å². The fraction of sp³-hybridized carbons (Fsp3) is 0. The van der Waals surface area contributed by atoms with Crippen LogP contribution in [0.5, 0.6) is 0 Å². The van der Waals surface area contributed by atoms with Crippen molar-refractivity contribution < 1.29 is 0 Å². The SMILES string of the molecule is c1ccc(-c2nc(-c3ccc4ccccc4c3)nc(-n3c4ccccc4c4cc5c6c(c7ccccc7n6-c6ccccc6-c6ccccc6-5)c43)n2)cc1. The zero-order valence-electron chi connectivity index (χ0n) is 29.0. The van der Waals surface area contributed by atoms with Crippen LogP contribution in [0.3, 0.4) is 0 Å². The lowest BCUT2D eigenvalue weighted by atomic mass is 9.92. The summed E-state index contributed by atoms with van der Waals surface area (Å²) in [6, 6.07) is 62.6. The molecule has 8 aromatic carbocycles. The van der Waals surface area contributed by atoms with Gasteiger partial charge in [0.1, 0.15) is 0 Å². The summed E-state index contributed by atoms with van der Waals surface area (Å²) < 4.78 is 4.75. The zero-order valence-corrected chi connectivity index (χ0v) is 29.0. The van der Waals surface area contributed by atoms with Gasteiger partial charge in [-0.3, -0.25) is 4.57 Å². The first-order valence-corrected chi connectivity index (χ1v) is 18.3. The second kappa shape index (κ2) is 11.1. The monoisotopic (exact) mass is 687 g/mol. The molecule has 4 heterocycles. The Kier molecular flexibility index (Phi) is 5.99. The highest BCUT2D eigenvalue weighted by atomic mass is 15.2. The summed E-state index contributed by atoms with van der Waals surface area (Å²) in [5, 5.41) is 6.99. The van der Waals surface area contributed by atoms with Crippen molar-refractivity contribution in [1.82, 2.24) is 24.1 Å². The van der Waals surface area contributed by atoms with Crippen LogP contribution in [0.2, 0.25) is 0 Å². The Bertz CT molecular complexity index is 3330. The summed E-state index contributed by atoms with van der Waals surface area (Å²) in [6.07, 6.45) is 0. The highest BCUT2D eigenvalue weighted by Crippen LogP contribution is 2.50. The molecule has 3 aromatic heterocycles. The first kappa shape index (κ1) is 29.2. The molecule has 0 saturated carbocycles. The maximum atomic E-state index is 5.35. The molecule has 0 aliphatic carbocycles. The van der Waals surface area contributed by atoms with Crippen LogP contribution in [-0.2, 0) is 0 Å². The largest absolute Gasteiger partial charge is 0.308 e. The first-order chi connectivity index (χ1) is 26.8. The van der Waals surface area contributed by atoms with Crippen LogP contribution in [0.4, 0.5) is 0 Å². The minimum atomic E-state index is 0.583. The van der Waals surface area contributed by atoms with Crippen LogP contribution in [0, 0.1) is 0 Å². The summed E-state index contributed by atoms with van der Waals surface area (Å²) >= 11 is 0. The van der Waals surface area contributed by atoms with Gasteiger partial charge in [-0.1, -0.05) is 146 Å². The Balaban J connectivity index is 1.27. The minimum Gasteiger partial charge on any atom is -0.308 e. The normalized spacial score (nSPS) is 12.1. The van der Waals surface area contributed by atoms with E-state index >= 15 is 0 Å². The molecule has 250 valence electrons. The lowest BCUT2D eigenvalue weighted by Gasteiger charge is -2.13. The summed E-state index contributed by atoms with van der Waals surface area (Å²) in [7, 11) is 0. The second-order valence-electron chi connectivity index (χ2n) is 14.0. The van der Waals surface area contributed by atoms with Gasteiger partial charge in [0.2, 0.25) is 5.95 Å². The quantitative estimate of drug-likeness (QED) is 0.186. The number of nitrogens with zero attached hydrogens (tertiary/aromatic N) is 5. The molecule has 0 spiro atoms. The van der Waals surface area contributed by atoms with Gasteiger partial charge < -0.3 is 4.57 Å². The van der Waals surface area contributed by atoms with E-state index in [0.29, 0.717) is 17.6 Å². The average molecular weight is 688 g/mol. The van der Waals surface area contributed by atoms with Crippen molar-refractivity contribution in [2.24, 2.45) is 0 Å². The third-order valence-electron chi connectivity index (χ3n) is 11.1. The van der Waals surface area contributed by atoms with Gasteiger partial charge >= 0.3 is 0 Å². The molecule has 5 heteroatoms. The summed E-state index contributed by atoms with van der Waals surface area (Å²) in [6.45, 7) is 0. The van der Waals surface area contributed by atoms with E-state index in [1.54, 1.807) is 0 Å². The van der Waals surface area contributed by atoms with E-state index in [-0.39, 0.29) is 0 Å². The molecule has 0 atom stereocenters. The molecule has 11 aromatic rings. The van der Waals surface area contributed by atoms with Gasteiger partial charge in [-0.05, 0) is 52.2 Å². The zero-order chi connectivity index (χ0) is 35.3. The summed E-state index contributed by atoms with van der Waals surface area (Å²) in [5.74, 6) is 1.84. The van der Waals surface area contributed by atoms with Crippen molar-refractivity contribution >= 4 is 54.4 Å². The van der Waals surface area contributed by atoms with Crippen LogP contribution < -0.4 is 0 Å². The molecule has 0 amide bonds. The minimum absolute atomic E-state index is 0.583. The highest BCUT2D eigenvalue weighted by Gasteiger charge is 2.29. The second-order valence-corrected chi connectivity index (χ2v) is 14.0. The third kappa shape index (κ3) is 4.06. The van der Waals surface area contributed by atoms with E-state index < -0.39 is 0 Å². The van der Waals surface area contributed by atoms with Crippen LogP contribution in [0.15, 0.2) is 176 Å². The van der Waals surface area contributed by atoms with Crippen molar-refractivity contribution in [2.45, 2.75) is 0 Å². The maximum Gasteiger partial charge on any atom is 0.238 e. The number of benzene rings is 8. The van der Waals surface area contributed by atoms with E-state index in [9.17, 15) is 0 Å². The van der Waals surface area contributed by atoms with Crippen LogP contribution in [0.1, 0.15) is 0 Å². The highest BCUT2D eigenvalue weighted by molar-refractivity contribution is 6.30. The van der Waals surface area contributed by atoms with Gasteiger partial charge in [0, 0.05) is 43.8 Å². The molecule has 0 bridgehead atoms. The summed E-state index contributed by atoms with van der Waals surface area (Å²) in [5.41, 5.74) is 12.4. The van der Waals surface area contributed by atoms with Crippen molar-refractivity contribution in [2.75, 3.05) is 0 Å². The Labute approximate surface area is 310 Å². The number of fused-ring (bicyclic) bond motifs is 13. The Hall–Kier alpha value is -7.37. The number of rotatable bonds is 3. The molecule has 0 radical (unpaired) electrons. The van der Waals surface area contributed by atoms with Crippen LogP contribution in [-0.4, -0.2) is 24.1 Å². The maximum absolute atomic E-state index is 5.35. The van der Waals surface area contributed by atoms with Gasteiger partial charge in [0.25, 0.3) is 0 Å². The van der Waals surface area contributed by atoms with E-state index in [4.69, 9.17) is 15.0 Å². The van der Waals surface area contributed by atoms with Crippen LogP contribution >= 0.6 is 0 Å². The van der Waals surface area contributed by atoms with Crippen molar-refractivity contribution in [3.63, 3.8) is 0 Å². The van der Waals surface area contributed by atoms with Gasteiger partial charge in [0.05, 0.1) is 27.8 Å². The van der Waals surface area contributed by atoms with Gasteiger partial charge in [-0.25, -0.2) is 4.98 Å². The van der Waals surface area contributed by atoms with E-state index in [2.05, 4.69) is 167 Å². The van der Waals surface area contributed by atoms with Crippen molar-refractivity contribution in [1.29, 1.82) is 0 Å². The predicted octanol–water partition coefficient (Wildman–Crippen LogP) is 12.2. The summed E-state index contributed by atoms with van der Waals surface area (Å²) in [4.78, 5) is 15.8. The van der Waals surface area contributed by atoms with E-state index in [1.165, 1.54) is 49.6 Å². The topological polar surface area (TPSA) is 48.5 Å². The fourth-order valence-corrected chi connectivity index (χ4v) is 8.76. The molecule has 0 unspecified atom stereocenters. The van der Waals surface area contributed by atoms with E-state index in [0.717, 1.165) is 43.8 Å². The Morgan fingerprint density at radius 1 is 0.352 bits per heavy atom. The first-order valence-electron chi connectivity index (χ1n) is 18.3. The van der Waals surface area contributed by atoms with Crippen molar-refractivity contribution in [3.8, 4) is 56.7 Å². The van der Waals surface area contributed by atoms with E-state index in [1.807, 2.05) is 18.2 Å². The molecule has 12 rings (SSSR count). The standard InChI is InChI=1S/C49H29N5/c1-2-15-31(16-3-1)47-50-48(33-27-26-30-14-4-5-17-32(30)28-33)52-49(51-47)54-42-24-12-9-21-37(42)40-29-39-35-19-7-6-18-34(35)36-20-8-11-23-41(36)53-43-25-13-10-22-38(43)44(45(39)53)46(40)54/h1-29H.